The van der Waals surface area contributed by atoms with Gasteiger partial charge >= 0.3 is 0 Å². The fraction of sp³-hybridized carbons (Fsp3) is 0.600. The van der Waals surface area contributed by atoms with Crippen LogP contribution in [0.4, 0.5) is 0 Å². The number of rotatable bonds is 2. The second-order valence-electron chi connectivity index (χ2n) is 5.62. The van der Waals surface area contributed by atoms with E-state index in [1.165, 1.54) is 0 Å². The van der Waals surface area contributed by atoms with Gasteiger partial charge in [-0.15, -0.1) is 24.8 Å². The van der Waals surface area contributed by atoms with Crippen molar-refractivity contribution in [1.29, 1.82) is 0 Å². The van der Waals surface area contributed by atoms with Crippen molar-refractivity contribution < 1.29 is 4.79 Å². The first-order chi connectivity index (χ1) is 9.75. The minimum atomic E-state index is 0. The Morgan fingerprint density at radius 2 is 2.00 bits per heavy atom. The normalized spacial score (nSPS) is 21.9. The van der Waals surface area contributed by atoms with E-state index in [9.17, 15) is 4.79 Å². The van der Waals surface area contributed by atoms with Crippen LogP contribution in [-0.4, -0.2) is 66.0 Å². The van der Waals surface area contributed by atoms with Gasteiger partial charge in [0.05, 0.1) is 5.56 Å². The summed E-state index contributed by atoms with van der Waals surface area (Å²) in [6.45, 7) is 7.93. The molecule has 3 heterocycles. The molecule has 2 fully saturated rings. The maximum atomic E-state index is 12.6. The lowest BCUT2D eigenvalue weighted by molar-refractivity contribution is 0.0772. The molecule has 2 saturated heterocycles. The van der Waals surface area contributed by atoms with Crippen molar-refractivity contribution in [2.45, 2.75) is 19.4 Å². The third-order valence-electron chi connectivity index (χ3n) is 4.36. The van der Waals surface area contributed by atoms with Gasteiger partial charge in [-0.05, 0) is 25.5 Å². The van der Waals surface area contributed by atoms with Crippen molar-refractivity contribution in [3.05, 3.63) is 29.6 Å². The molecule has 3 rings (SSSR count). The number of nitrogens with one attached hydrogen (secondary N) is 1. The predicted molar refractivity (Wildman–Crippen MR) is 92.2 cm³/mol. The standard InChI is InChI=1S/C15H22N4O.2ClH/c1-12-14(3-2-5-17-12)15(20)19-8-4-13(11-19)18-9-6-16-7-10-18;;/h2-3,5,13,16H,4,6-11H2,1H3;2*1H. The average Bonchev–Trinajstić information content (AvgIpc) is 2.98. The van der Waals surface area contributed by atoms with Gasteiger partial charge in [-0.3, -0.25) is 14.7 Å². The Kier molecular flexibility index (Phi) is 7.56. The molecule has 2 aliphatic heterocycles. The fourth-order valence-electron chi connectivity index (χ4n) is 3.15. The molecule has 1 atom stereocenters. The van der Waals surface area contributed by atoms with E-state index in [4.69, 9.17) is 0 Å². The van der Waals surface area contributed by atoms with Gasteiger partial charge in [-0.2, -0.15) is 0 Å². The van der Waals surface area contributed by atoms with E-state index in [1.54, 1.807) is 6.20 Å². The van der Waals surface area contributed by atoms with Crippen LogP contribution in [0.2, 0.25) is 0 Å². The number of carbonyl (C=O) groups is 1. The molecule has 2 aliphatic rings. The summed E-state index contributed by atoms with van der Waals surface area (Å²) >= 11 is 0. The number of likely N-dealkylation sites (tertiary alicyclic amines) is 1. The van der Waals surface area contributed by atoms with E-state index in [2.05, 4.69) is 15.2 Å². The molecule has 1 N–H and O–H groups in total. The van der Waals surface area contributed by atoms with Crippen LogP contribution >= 0.6 is 24.8 Å². The Morgan fingerprint density at radius 3 is 2.68 bits per heavy atom. The van der Waals surface area contributed by atoms with E-state index in [0.717, 1.165) is 56.9 Å². The van der Waals surface area contributed by atoms with Gasteiger partial charge < -0.3 is 10.2 Å². The molecule has 1 aromatic heterocycles. The van der Waals surface area contributed by atoms with E-state index < -0.39 is 0 Å². The minimum Gasteiger partial charge on any atom is -0.337 e. The van der Waals surface area contributed by atoms with Crippen molar-refractivity contribution >= 4 is 30.7 Å². The first kappa shape index (κ1) is 19.2. The quantitative estimate of drug-likeness (QED) is 0.878. The highest BCUT2D eigenvalue weighted by Gasteiger charge is 2.31. The molecule has 7 heteroatoms. The number of piperazine rings is 1. The van der Waals surface area contributed by atoms with Crippen molar-refractivity contribution in [3.63, 3.8) is 0 Å². The van der Waals surface area contributed by atoms with Crippen LogP contribution in [0.15, 0.2) is 18.3 Å². The highest BCUT2D eigenvalue weighted by atomic mass is 35.5. The smallest absolute Gasteiger partial charge is 0.255 e. The number of pyridine rings is 1. The number of hydrogen-bond donors (Lipinski definition) is 1. The second-order valence-corrected chi connectivity index (χ2v) is 5.62. The van der Waals surface area contributed by atoms with Gasteiger partial charge in [-0.25, -0.2) is 0 Å². The molecule has 1 aromatic rings. The number of nitrogens with zero attached hydrogens (tertiary/aromatic N) is 3. The zero-order chi connectivity index (χ0) is 13.9. The molecule has 0 bridgehead atoms. The van der Waals surface area contributed by atoms with E-state index in [0.29, 0.717) is 6.04 Å². The summed E-state index contributed by atoms with van der Waals surface area (Å²) in [6.07, 6.45) is 2.82. The number of amides is 1. The van der Waals surface area contributed by atoms with Gasteiger partial charge in [-0.1, -0.05) is 0 Å². The molecular formula is C15H24Cl2N4O. The monoisotopic (exact) mass is 346 g/mol. The van der Waals surface area contributed by atoms with Crippen LogP contribution in [0, 0.1) is 6.92 Å². The maximum Gasteiger partial charge on any atom is 0.255 e. The number of carbonyl (C=O) groups excluding carboxylic acids is 1. The third-order valence-corrected chi connectivity index (χ3v) is 4.36. The third kappa shape index (κ3) is 4.10. The molecule has 0 aromatic carbocycles. The molecule has 0 spiro atoms. The number of aromatic nitrogens is 1. The summed E-state index contributed by atoms with van der Waals surface area (Å²) in [5.74, 6) is 0.133. The van der Waals surface area contributed by atoms with Crippen LogP contribution in [0.1, 0.15) is 22.5 Å². The van der Waals surface area contributed by atoms with Crippen molar-refractivity contribution in [1.82, 2.24) is 20.1 Å². The number of hydrogen-bond acceptors (Lipinski definition) is 4. The lowest BCUT2D eigenvalue weighted by Crippen LogP contribution is -2.49. The molecular weight excluding hydrogens is 323 g/mol. The Balaban J connectivity index is 0.00000121. The molecule has 5 nitrogen and oxygen atoms in total. The lowest BCUT2D eigenvalue weighted by atomic mass is 10.2. The van der Waals surface area contributed by atoms with E-state index in [1.807, 2.05) is 24.0 Å². The summed E-state index contributed by atoms with van der Waals surface area (Å²) in [5, 5.41) is 3.37. The molecule has 1 amide bonds. The predicted octanol–water partition coefficient (Wildman–Crippen LogP) is 1.35. The Labute approximate surface area is 144 Å². The van der Waals surface area contributed by atoms with Crippen LogP contribution in [0.25, 0.3) is 0 Å². The fourth-order valence-corrected chi connectivity index (χ4v) is 3.15. The summed E-state index contributed by atoms with van der Waals surface area (Å²) in [7, 11) is 0. The van der Waals surface area contributed by atoms with Crippen LogP contribution in [0.3, 0.4) is 0 Å². The van der Waals surface area contributed by atoms with Gasteiger partial charge in [0, 0.05) is 57.2 Å². The van der Waals surface area contributed by atoms with E-state index in [-0.39, 0.29) is 30.7 Å². The highest BCUT2D eigenvalue weighted by molar-refractivity contribution is 5.95. The largest absolute Gasteiger partial charge is 0.337 e. The van der Waals surface area contributed by atoms with E-state index >= 15 is 0 Å². The summed E-state index contributed by atoms with van der Waals surface area (Å²) in [5.41, 5.74) is 1.57. The summed E-state index contributed by atoms with van der Waals surface area (Å²) < 4.78 is 0. The Bertz CT molecular complexity index is 494. The molecule has 22 heavy (non-hydrogen) atoms. The summed E-state index contributed by atoms with van der Waals surface area (Å²) in [4.78, 5) is 21.3. The zero-order valence-electron chi connectivity index (χ0n) is 12.8. The van der Waals surface area contributed by atoms with Gasteiger partial charge in [0.15, 0.2) is 0 Å². The van der Waals surface area contributed by atoms with Crippen molar-refractivity contribution in [2.24, 2.45) is 0 Å². The van der Waals surface area contributed by atoms with Crippen molar-refractivity contribution in [2.75, 3.05) is 39.3 Å². The van der Waals surface area contributed by atoms with Gasteiger partial charge in [0.1, 0.15) is 0 Å². The first-order valence-corrected chi connectivity index (χ1v) is 7.41. The maximum absolute atomic E-state index is 12.6. The molecule has 1 unspecified atom stereocenters. The van der Waals surface area contributed by atoms with Crippen LogP contribution < -0.4 is 5.32 Å². The lowest BCUT2D eigenvalue weighted by Gasteiger charge is -2.32. The second kappa shape index (κ2) is 8.67. The minimum absolute atomic E-state index is 0. The average molecular weight is 347 g/mol. The highest BCUT2D eigenvalue weighted by Crippen LogP contribution is 2.19. The summed E-state index contributed by atoms with van der Waals surface area (Å²) in [6, 6.07) is 4.24. The molecule has 0 saturated carbocycles. The van der Waals surface area contributed by atoms with Crippen molar-refractivity contribution in [3.8, 4) is 0 Å². The van der Waals surface area contributed by atoms with Gasteiger partial charge in [0.25, 0.3) is 5.91 Å². The topological polar surface area (TPSA) is 48.5 Å². The van der Waals surface area contributed by atoms with Gasteiger partial charge in [0.2, 0.25) is 0 Å². The SMILES string of the molecule is Cc1ncccc1C(=O)N1CCC(N2CCNCC2)C1.Cl.Cl. The molecule has 0 radical (unpaired) electrons. The number of halogens is 2. The number of aryl methyl sites for hydroxylation is 1. The molecule has 124 valence electrons. The van der Waals surface area contributed by atoms with Crippen LogP contribution in [-0.2, 0) is 0 Å². The van der Waals surface area contributed by atoms with Crippen LogP contribution in [0.5, 0.6) is 0 Å². The Hall–Kier alpha value is -0.880. The Morgan fingerprint density at radius 1 is 1.27 bits per heavy atom. The molecule has 0 aliphatic carbocycles. The zero-order valence-corrected chi connectivity index (χ0v) is 14.5. The first-order valence-electron chi connectivity index (χ1n) is 7.41.